The Labute approximate surface area is 139 Å². The maximum absolute atomic E-state index is 11.8. The normalized spacial score (nSPS) is 30.5. The van der Waals surface area contributed by atoms with Gasteiger partial charge in [0.15, 0.2) is 0 Å². The highest BCUT2D eigenvalue weighted by molar-refractivity contribution is 5.73. The molecule has 2 heterocycles. The van der Waals surface area contributed by atoms with Crippen molar-refractivity contribution in [3.8, 4) is 5.75 Å². The standard InChI is InChI=1S/C19H28NO3/c1-20-12-6-5-11-18(20)16(8-7-13-20)14-22-15-19(21)23-17-9-3-2-4-10-17/h2-4,9-10,16,18H,5-8,11-15H2,1H3/q+1/t16-,18-,20+/m0/s1. The molecular weight excluding hydrogens is 290 g/mol. The van der Waals surface area contributed by atoms with Crippen molar-refractivity contribution in [3.05, 3.63) is 30.3 Å². The molecule has 3 rings (SSSR count). The number of piperidine rings is 2. The van der Waals surface area contributed by atoms with Crippen LogP contribution in [0.25, 0.3) is 0 Å². The van der Waals surface area contributed by atoms with E-state index in [0.29, 0.717) is 24.3 Å². The zero-order valence-corrected chi connectivity index (χ0v) is 14.1. The number of para-hydroxylation sites is 1. The summed E-state index contributed by atoms with van der Waals surface area (Å²) in [6, 6.07) is 9.88. The predicted octanol–water partition coefficient (Wildman–Crippen LogP) is 3.02. The molecule has 2 saturated heterocycles. The lowest BCUT2D eigenvalue weighted by Gasteiger charge is -2.51. The molecule has 0 saturated carbocycles. The van der Waals surface area contributed by atoms with E-state index >= 15 is 0 Å². The van der Waals surface area contributed by atoms with Crippen LogP contribution in [0.15, 0.2) is 30.3 Å². The third kappa shape index (κ3) is 4.12. The van der Waals surface area contributed by atoms with E-state index in [0.717, 1.165) is 0 Å². The highest BCUT2D eigenvalue weighted by Crippen LogP contribution is 2.36. The van der Waals surface area contributed by atoms with Crippen molar-refractivity contribution >= 4 is 5.97 Å². The molecule has 0 aromatic heterocycles. The van der Waals surface area contributed by atoms with Gasteiger partial charge in [0.2, 0.25) is 0 Å². The number of hydrogen-bond acceptors (Lipinski definition) is 3. The van der Waals surface area contributed by atoms with Gasteiger partial charge in [0, 0.05) is 12.3 Å². The van der Waals surface area contributed by atoms with Gasteiger partial charge in [-0.2, -0.15) is 0 Å². The molecule has 1 aromatic rings. The number of rotatable bonds is 5. The van der Waals surface area contributed by atoms with Crippen molar-refractivity contribution in [2.24, 2.45) is 5.92 Å². The number of benzene rings is 1. The molecule has 4 heteroatoms. The first-order valence-corrected chi connectivity index (χ1v) is 8.85. The van der Waals surface area contributed by atoms with Crippen molar-refractivity contribution in [1.29, 1.82) is 0 Å². The summed E-state index contributed by atoms with van der Waals surface area (Å²) in [6.07, 6.45) is 6.50. The van der Waals surface area contributed by atoms with E-state index in [9.17, 15) is 4.79 Å². The largest absolute Gasteiger partial charge is 0.425 e. The highest BCUT2D eigenvalue weighted by Gasteiger charge is 2.43. The van der Waals surface area contributed by atoms with E-state index in [1.165, 1.54) is 49.7 Å². The Morgan fingerprint density at radius 2 is 1.91 bits per heavy atom. The van der Waals surface area contributed by atoms with Gasteiger partial charge in [-0.3, -0.25) is 0 Å². The number of quaternary nitrogens is 1. The topological polar surface area (TPSA) is 35.5 Å². The van der Waals surface area contributed by atoms with Crippen molar-refractivity contribution in [2.75, 3.05) is 33.4 Å². The number of carbonyl (C=O) groups excluding carboxylic acids is 1. The number of ether oxygens (including phenoxy) is 2. The summed E-state index contributed by atoms with van der Waals surface area (Å²) in [4.78, 5) is 11.8. The molecule has 0 spiro atoms. The quantitative estimate of drug-likeness (QED) is 0.475. The fourth-order valence-corrected chi connectivity index (χ4v) is 4.37. The van der Waals surface area contributed by atoms with Gasteiger partial charge in [0.25, 0.3) is 0 Å². The van der Waals surface area contributed by atoms with Gasteiger partial charge >= 0.3 is 5.97 Å². The molecule has 2 aliphatic heterocycles. The van der Waals surface area contributed by atoms with Crippen LogP contribution in [0.2, 0.25) is 0 Å². The Morgan fingerprint density at radius 1 is 1.13 bits per heavy atom. The second kappa shape index (κ2) is 7.45. The Bertz CT molecular complexity index is 515. The first-order chi connectivity index (χ1) is 11.2. The zero-order valence-electron chi connectivity index (χ0n) is 14.1. The van der Waals surface area contributed by atoms with E-state index in [-0.39, 0.29) is 12.6 Å². The molecule has 2 fully saturated rings. The lowest BCUT2D eigenvalue weighted by molar-refractivity contribution is -0.947. The lowest BCUT2D eigenvalue weighted by atomic mass is 9.82. The van der Waals surface area contributed by atoms with Crippen molar-refractivity contribution in [1.82, 2.24) is 0 Å². The minimum atomic E-state index is -0.312. The molecule has 1 aromatic carbocycles. The first kappa shape index (κ1) is 16.5. The minimum Gasteiger partial charge on any atom is -0.425 e. The van der Waals surface area contributed by atoms with Gasteiger partial charge in [-0.05, 0) is 37.8 Å². The number of carbonyl (C=O) groups is 1. The van der Waals surface area contributed by atoms with Crippen LogP contribution in [0.1, 0.15) is 32.1 Å². The van der Waals surface area contributed by atoms with Crippen LogP contribution in [0.5, 0.6) is 5.75 Å². The Morgan fingerprint density at radius 3 is 2.74 bits per heavy atom. The Kier molecular flexibility index (Phi) is 5.34. The van der Waals surface area contributed by atoms with E-state index in [1.54, 1.807) is 12.1 Å². The predicted molar refractivity (Wildman–Crippen MR) is 89.2 cm³/mol. The van der Waals surface area contributed by atoms with Gasteiger partial charge in [-0.1, -0.05) is 18.2 Å². The van der Waals surface area contributed by atoms with Gasteiger partial charge in [0.1, 0.15) is 12.4 Å². The van der Waals surface area contributed by atoms with Crippen LogP contribution in [0.4, 0.5) is 0 Å². The van der Waals surface area contributed by atoms with E-state index in [1.807, 2.05) is 18.2 Å². The van der Waals surface area contributed by atoms with Crippen LogP contribution in [-0.4, -0.2) is 49.8 Å². The second-order valence-corrected chi connectivity index (χ2v) is 7.19. The summed E-state index contributed by atoms with van der Waals surface area (Å²) in [7, 11) is 2.40. The summed E-state index contributed by atoms with van der Waals surface area (Å²) in [5.41, 5.74) is 0. The summed E-state index contributed by atoms with van der Waals surface area (Å²) in [6.45, 7) is 3.33. The SMILES string of the molecule is C[N@+]12CCCC[C@H]1[C@H](COCC(=O)Oc1ccccc1)CCC2. The third-order valence-electron chi connectivity index (χ3n) is 5.53. The third-order valence-corrected chi connectivity index (χ3v) is 5.53. The second-order valence-electron chi connectivity index (χ2n) is 7.19. The zero-order chi connectivity index (χ0) is 16.1. The van der Waals surface area contributed by atoms with Crippen molar-refractivity contribution in [3.63, 3.8) is 0 Å². The summed E-state index contributed by atoms with van der Waals surface area (Å²) in [5, 5.41) is 0. The van der Waals surface area contributed by atoms with E-state index in [2.05, 4.69) is 7.05 Å². The maximum atomic E-state index is 11.8. The van der Waals surface area contributed by atoms with Crippen molar-refractivity contribution < 1.29 is 18.8 Å². The molecule has 0 amide bonds. The van der Waals surface area contributed by atoms with Crippen LogP contribution in [0.3, 0.4) is 0 Å². The van der Waals surface area contributed by atoms with Crippen LogP contribution in [-0.2, 0) is 9.53 Å². The van der Waals surface area contributed by atoms with E-state index in [4.69, 9.17) is 9.47 Å². The number of nitrogens with zero attached hydrogens (tertiary/aromatic N) is 1. The van der Waals surface area contributed by atoms with Crippen LogP contribution < -0.4 is 4.74 Å². The van der Waals surface area contributed by atoms with Gasteiger partial charge in [-0.15, -0.1) is 0 Å². The maximum Gasteiger partial charge on any atom is 0.337 e. The molecule has 2 aliphatic rings. The average molecular weight is 318 g/mol. The summed E-state index contributed by atoms with van der Waals surface area (Å²) >= 11 is 0. The fourth-order valence-electron chi connectivity index (χ4n) is 4.37. The number of esters is 1. The number of fused-ring (bicyclic) bond motifs is 1. The molecule has 4 nitrogen and oxygen atoms in total. The molecule has 126 valence electrons. The molecule has 0 N–H and O–H groups in total. The molecular formula is C19H28NO3+. The molecule has 0 aliphatic carbocycles. The summed E-state index contributed by atoms with van der Waals surface area (Å²) < 4.78 is 12.2. The van der Waals surface area contributed by atoms with Gasteiger partial charge < -0.3 is 14.0 Å². The number of hydrogen-bond donors (Lipinski definition) is 0. The summed E-state index contributed by atoms with van der Waals surface area (Å²) in [5.74, 6) is 0.849. The first-order valence-electron chi connectivity index (χ1n) is 8.85. The Balaban J connectivity index is 1.45. The van der Waals surface area contributed by atoms with Gasteiger partial charge in [-0.25, -0.2) is 4.79 Å². The van der Waals surface area contributed by atoms with Crippen molar-refractivity contribution in [2.45, 2.75) is 38.1 Å². The molecule has 3 atom stereocenters. The lowest BCUT2D eigenvalue weighted by Crippen LogP contribution is -2.61. The average Bonchev–Trinajstić information content (AvgIpc) is 2.55. The smallest absolute Gasteiger partial charge is 0.337 e. The van der Waals surface area contributed by atoms with Gasteiger partial charge in [0.05, 0.1) is 32.8 Å². The Hall–Kier alpha value is -1.39. The van der Waals surface area contributed by atoms with Crippen LogP contribution in [0, 0.1) is 5.92 Å². The molecule has 23 heavy (non-hydrogen) atoms. The minimum absolute atomic E-state index is 0.0435. The monoisotopic (exact) mass is 318 g/mol. The molecule has 0 radical (unpaired) electrons. The van der Waals surface area contributed by atoms with Crippen LogP contribution >= 0.6 is 0 Å². The highest BCUT2D eigenvalue weighted by atomic mass is 16.6. The molecule has 0 unspecified atom stereocenters. The van der Waals surface area contributed by atoms with E-state index < -0.39 is 0 Å². The fraction of sp³-hybridized carbons (Fsp3) is 0.632. The molecule has 0 bridgehead atoms.